The molecule has 0 spiro atoms. The van der Waals surface area contributed by atoms with Gasteiger partial charge in [-0.2, -0.15) is 0 Å². The lowest BCUT2D eigenvalue weighted by molar-refractivity contribution is -0.114. The van der Waals surface area contributed by atoms with Crippen molar-refractivity contribution in [2.75, 3.05) is 5.32 Å². The van der Waals surface area contributed by atoms with Crippen LogP contribution in [0.5, 0.6) is 0 Å². The van der Waals surface area contributed by atoms with Gasteiger partial charge in [-0.25, -0.2) is 4.79 Å². The molecule has 2 aromatic carbocycles. The minimum Gasteiger partial charge on any atom is -0.478 e. The summed E-state index contributed by atoms with van der Waals surface area (Å²) in [4.78, 5) is 22.0. The van der Waals surface area contributed by atoms with Gasteiger partial charge in [-0.05, 0) is 41.8 Å². The molecular weight excluding hydrogens is 254 g/mol. The van der Waals surface area contributed by atoms with Crippen LogP contribution in [0.2, 0.25) is 0 Å². The largest absolute Gasteiger partial charge is 0.478 e. The van der Waals surface area contributed by atoms with Crippen LogP contribution in [-0.4, -0.2) is 17.0 Å². The van der Waals surface area contributed by atoms with Crippen molar-refractivity contribution >= 4 is 17.6 Å². The zero-order valence-electron chi connectivity index (χ0n) is 11.3. The van der Waals surface area contributed by atoms with Crippen molar-refractivity contribution in [1.29, 1.82) is 0 Å². The minimum atomic E-state index is -0.944. The highest BCUT2D eigenvalue weighted by molar-refractivity contribution is 5.91. The van der Waals surface area contributed by atoms with Crippen LogP contribution in [0, 0.1) is 6.92 Å². The van der Waals surface area contributed by atoms with Crippen molar-refractivity contribution in [1.82, 2.24) is 0 Å². The second-order valence-corrected chi connectivity index (χ2v) is 4.54. The van der Waals surface area contributed by atoms with E-state index in [-0.39, 0.29) is 11.5 Å². The van der Waals surface area contributed by atoms with E-state index < -0.39 is 5.97 Å². The molecular formula is C16H15NO3. The Morgan fingerprint density at radius 3 is 2.25 bits per heavy atom. The van der Waals surface area contributed by atoms with Crippen LogP contribution < -0.4 is 5.32 Å². The molecule has 0 unspecified atom stereocenters. The van der Waals surface area contributed by atoms with E-state index >= 15 is 0 Å². The van der Waals surface area contributed by atoms with Crippen LogP contribution in [0.4, 0.5) is 5.69 Å². The van der Waals surface area contributed by atoms with Crippen LogP contribution in [0.25, 0.3) is 11.1 Å². The Morgan fingerprint density at radius 1 is 1.05 bits per heavy atom. The molecule has 0 aliphatic carbocycles. The van der Waals surface area contributed by atoms with E-state index in [1.807, 2.05) is 25.1 Å². The maximum absolute atomic E-state index is 11.2. The fraction of sp³-hybridized carbons (Fsp3) is 0.125. The summed E-state index contributed by atoms with van der Waals surface area (Å²) >= 11 is 0. The first-order chi connectivity index (χ1) is 9.49. The number of carboxylic acid groups (broad SMARTS) is 1. The highest BCUT2D eigenvalue weighted by atomic mass is 16.4. The molecule has 0 saturated carbocycles. The first kappa shape index (κ1) is 13.8. The van der Waals surface area contributed by atoms with Crippen molar-refractivity contribution in [2.45, 2.75) is 13.8 Å². The number of benzene rings is 2. The summed E-state index contributed by atoms with van der Waals surface area (Å²) in [5, 5.41) is 11.7. The summed E-state index contributed by atoms with van der Waals surface area (Å²) in [5.41, 5.74) is 3.85. The standard InChI is InChI=1S/C16H15NO3/c1-10-14(4-3-5-15(10)17-11(2)18)12-6-8-13(9-7-12)16(19)20/h3-9H,1-2H3,(H,17,18)(H,19,20). The number of hydrogen-bond acceptors (Lipinski definition) is 2. The van der Waals surface area contributed by atoms with Crippen molar-refractivity contribution in [3.05, 3.63) is 53.6 Å². The van der Waals surface area contributed by atoms with Gasteiger partial charge in [-0.1, -0.05) is 24.3 Å². The third kappa shape index (κ3) is 2.85. The van der Waals surface area contributed by atoms with Gasteiger partial charge in [0.2, 0.25) is 5.91 Å². The van der Waals surface area contributed by atoms with Crippen molar-refractivity contribution < 1.29 is 14.7 Å². The normalized spacial score (nSPS) is 10.1. The van der Waals surface area contributed by atoms with E-state index in [9.17, 15) is 9.59 Å². The van der Waals surface area contributed by atoms with Crippen LogP contribution in [-0.2, 0) is 4.79 Å². The van der Waals surface area contributed by atoms with Gasteiger partial charge in [0.15, 0.2) is 0 Å². The second-order valence-electron chi connectivity index (χ2n) is 4.54. The fourth-order valence-electron chi connectivity index (χ4n) is 2.07. The average Bonchev–Trinajstić information content (AvgIpc) is 2.41. The lowest BCUT2D eigenvalue weighted by Crippen LogP contribution is -2.07. The van der Waals surface area contributed by atoms with E-state index in [1.165, 1.54) is 6.92 Å². The zero-order chi connectivity index (χ0) is 14.7. The van der Waals surface area contributed by atoms with Crippen molar-refractivity contribution in [3.63, 3.8) is 0 Å². The first-order valence-corrected chi connectivity index (χ1v) is 6.20. The molecule has 0 aliphatic rings. The number of rotatable bonds is 3. The third-order valence-corrected chi connectivity index (χ3v) is 3.09. The lowest BCUT2D eigenvalue weighted by atomic mass is 9.98. The maximum atomic E-state index is 11.2. The zero-order valence-corrected chi connectivity index (χ0v) is 11.3. The molecule has 2 aromatic rings. The van der Waals surface area contributed by atoms with E-state index in [0.29, 0.717) is 0 Å². The van der Waals surface area contributed by atoms with Gasteiger partial charge in [0, 0.05) is 12.6 Å². The molecule has 4 heteroatoms. The first-order valence-electron chi connectivity index (χ1n) is 6.20. The number of hydrogen-bond donors (Lipinski definition) is 2. The Morgan fingerprint density at radius 2 is 1.70 bits per heavy atom. The van der Waals surface area contributed by atoms with Gasteiger partial charge < -0.3 is 10.4 Å². The predicted octanol–water partition coefficient (Wildman–Crippen LogP) is 3.32. The highest BCUT2D eigenvalue weighted by Gasteiger charge is 2.08. The molecule has 0 radical (unpaired) electrons. The minimum absolute atomic E-state index is 0.119. The van der Waals surface area contributed by atoms with Crippen molar-refractivity contribution in [3.8, 4) is 11.1 Å². The summed E-state index contributed by atoms with van der Waals surface area (Å²) in [6, 6.07) is 12.3. The van der Waals surface area contributed by atoms with Crippen LogP contribution in [0.1, 0.15) is 22.8 Å². The number of aromatic carboxylic acids is 1. The maximum Gasteiger partial charge on any atom is 0.335 e. The summed E-state index contributed by atoms with van der Waals surface area (Å²) in [6.45, 7) is 3.39. The number of nitrogens with one attached hydrogen (secondary N) is 1. The van der Waals surface area contributed by atoms with Gasteiger partial charge >= 0.3 is 5.97 Å². The van der Waals surface area contributed by atoms with Gasteiger partial charge in [-0.15, -0.1) is 0 Å². The number of anilines is 1. The van der Waals surface area contributed by atoms with Crippen LogP contribution >= 0.6 is 0 Å². The summed E-state index contributed by atoms with van der Waals surface area (Å²) in [6.07, 6.45) is 0. The molecule has 0 atom stereocenters. The Bertz CT molecular complexity index is 660. The Balaban J connectivity index is 2.42. The highest BCUT2D eigenvalue weighted by Crippen LogP contribution is 2.28. The molecule has 0 heterocycles. The second kappa shape index (κ2) is 5.57. The number of carboxylic acids is 1. The molecule has 2 rings (SSSR count). The lowest BCUT2D eigenvalue weighted by Gasteiger charge is -2.12. The van der Waals surface area contributed by atoms with E-state index in [0.717, 1.165) is 22.4 Å². The molecule has 0 saturated heterocycles. The van der Waals surface area contributed by atoms with Gasteiger partial charge in [0.25, 0.3) is 0 Å². The molecule has 0 aromatic heterocycles. The fourth-order valence-corrected chi connectivity index (χ4v) is 2.07. The smallest absolute Gasteiger partial charge is 0.335 e. The molecule has 0 aliphatic heterocycles. The Labute approximate surface area is 117 Å². The molecule has 0 fully saturated rings. The molecule has 1 amide bonds. The summed E-state index contributed by atoms with van der Waals surface area (Å²) in [7, 11) is 0. The topological polar surface area (TPSA) is 66.4 Å². The van der Waals surface area contributed by atoms with Gasteiger partial charge in [-0.3, -0.25) is 4.79 Å². The summed E-state index contributed by atoms with van der Waals surface area (Å²) in [5.74, 6) is -1.06. The van der Waals surface area contributed by atoms with E-state index in [1.54, 1.807) is 24.3 Å². The average molecular weight is 269 g/mol. The van der Waals surface area contributed by atoms with E-state index in [2.05, 4.69) is 5.32 Å². The number of amides is 1. The van der Waals surface area contributed by atoms with Crippen LogP contribution in [0.15, 0.2) is 42.5 Å². The Hall–Kier alpha value is -2.62. The number of carbonyl (C=O) groups excluding carboxylic acids is 1. The Kier molecular flexibility index (Phi) is 3.84. The molecule has 102 valence electrons. The van der Waals surface area contributed by atoms with Crippen molar-refractivity contribution in [2.24, 2.45) is 0 Å². The van der Waals surface area contributed by atoms with Gasteiger partial charge in [0.05, 0.1) is 5.56 Å². The van der Waals surface area contributed by atoms with Crippen LogP contribution in [0.3, 0.4) is 0 Å². The SMILES string of the molecule is CC(=O)Nc1cccc(-c2ccc(C(=O)O)cc2)c1C. The van der Waals surface area contributed by atoms with E-state index in [4.69, 9.17) is 5.11 Å². The van der Waals surface area contributed by atoms with Gasteiger partial charge in [0.1, 0.15) is 0 Å². The molecule has 4 nitrogen and oxygen atoms in total. The third-order valence-electron chi connectivity index (χ3n) is 3.09. The number of carbonyl (C=O) groups is 2. The summed E-state index contributed by atoms with van der Waals surface area (Å²) < 4.78 is 0. The monoisotopic (exact) mass is 269 g/mol. The molecule has 20 heavy (non-hydrogen) atoms. The molecule has 0 bridgehead atoms. The molecule has 2 N–H and O–H groups in total. The quantitative estimate of drug-likeness (QED) is 0.898. The predicted molar refractivity (Wildman–Crippen MR) is 77.9 cm³/mol.